The van der Waals surface area contributed by atoms with Gasteiger partial charge in [0.1, 0.15) is 5.75 Å². The molecule has 0 saturated carbocycles. The maximum Gasteiger partial charge on any atom is 0.261 e. The molecule has 0 aliphatic heterocycles. The van der Waals surface area contributed by atoms with Crippen LogP contribution in [0.2, 0.25) is 0 Å². The normalized spacial score (nSPS) is 11.8. The van der Waals surface area contributed by atoms with Crippen LogP contribution in [0.1, 0.15) is 11.1 Å². The van der Waals surface area contributed by atoms with Crippen LogP contribution in [0.3, 0.4) is 0 Å². The average Bonchev–Trinajstić information content (AvgIpc) is 2.85. The first-order valence-electron chi connectivity index (χ1n) is 10.5. The topological polar surface area (TPSA) is 59.3 Å². The van der Waals surface area contributed by atoms with Gasteiger partial charge in [-0.2, -0.15) is 4.57 Å². The van der Waals surface area contributed by atoms with Crippen LogP contribution in [0.4, 0.5) is 0 Å². The Kier molecular flexibility index (Phi) is 6.56. The molecule has 33 heavy (non-hydrogen) atoms. The molecule has 5 nitrogen and oxygen atoms in total. The molecule has 0 bridgehead atoms. The largest absolute Gasteiger partial charge is 0.497 e. The van der Waals surface area contributed by atoms with Crippen molar-refractivity contribution < 1.29 is 17.7 Å². The lowest BCUT2D eigenvalue weighted by atomic mass is 10.1. The molecule has 3 aromatic carbocycles. The van der Waals surface area contributed by atoms with Crippen LogP contribution in [0.15, 0.2) is 114 Å². The lowest BCUT2D eigenvalue weighted by Crippen LogP contribution is -2.36. The van der Waals surface area contributed by atoms with Crippen molar-refractivity contribution in [1.82, 2.24) is 4.72 Å². The molecular weight excluding hydrogens is 432 g/mol. The Morgan fingerprint density at radius 3 is 2.33 bits per heavy atom. The molecule has 6 heteroatoms. The fourth-order valence-electron chi connectivity index (χ4n) is 3.49. The summed E-state index contributed by atoms with van der Waals surface area (Å²) in [5.41, 5.74) is 4.38. The molecule has 0 spiro atoms. The van der Waals surface area contributed by atoms with Crippen LogP contribution in [0.5, 0.6) is 5.75 Å². The van der Waals surface area contributed by atoms with Crippen LogP contribution in [0, 0.1) is 6.92 Å². The first-order chi connectivity index (χ1) is 16.0. The van der Waals surface area contributed by atoms with Crippen molar-refractivity contribution in [1.29, 1.82) is 0 Å². The minimum Gasteiger partial charge on any atom is -0.497 e. The van der Waals surface area contributed by atoms with Gasteiger partial charge in [0.2, 0.25) is 11.4 Å². The molecule has 0 radical (unpaired) electrons. The molecule has 166 valence electrons. The lowest BCUT2D eigenvalue weighted by Gasteiger charge is -2.10. The van der Waals surface area contributed by atoms with Gasteiger partial charge in [0.05, 0.1) is 23.8 Å². The van der Waals surface area contributed by atoms with Crippen molar-refractivity contribution >= 4 is 15.7 Å². The fourth-order valence-corrected chi connectivity index (χ4v) is 4.39. The zero-order valence-corrected chi connectivity index (χ0v) is 19.3. The zero-order chi connectivity index (χ0) is 23.3. The quantitative estimate of drug-likeness (QED) is 0.406. The summed E-state index contributed by atoms with van der Waals surface area (Å²) in [7, 11) is -2.15. The molecule has 4 aromatic rings. The van der Waals surface area contributed by atoms with Crippen LogP contribution >= 0.6 is 0 Å². The summed E-state index contributed by atoms with van der Waals surface area (Å²) >= 11 is 0. The van der Waals surface area contributed by atoms with Crippen LogP contribution < -0.4 is 14.0 Å². The van der Waals surface area contributed by atoms with Gasteiger partial charge in [-0.05, 0) is 55.5 Å². The molecule has 0 unspecified atom stereocenters. The number of nitrogens with zero attached hydrogens (tertiary/aromatic N) is 1. The Labute approximate surface area is 194 Å². The summed E-state index contributed by atoms with van der Waals surface area (Å²) in [5.74, 6) is 0.678. The molecule has 1 heterocycles. The lowest BCUT2D eigenvalue weighted by molar-refractivity contribution is -0.567. The maximum atomic E-state index is 13.0. The van der Waals surface area contributed by atoms with Gasteiger partial charge in [0, 0.05) is 17.7 Å². The van der Waals surface area contributed by atoms with Gasteiger partial charge in [0.15, 0.2) is 6.20 Å². The van der Waals surface area contributed by atoms with Crippen molar-refractivity contribution in [2.45, 2.75) is 11.8 Å². The van der Waals surface area contributed by atoms with Crippen LogP contribution in [0.25, 0.3) is 17.0 Å². The molecule has 0 amide bonds. The molecule has 0 atom stereocenters. The number of pyridine rings is 1. The van der Waals surface area contributed by atoms with Crippen LogP contribution in [-0.2, 0) is 10.0 Å². The fraction of sp³-hybridized carbons (Fsp3) is 0.0741. The van der Waals surface area contributed by atoms with E-state index in [-0.39, 0.29) is 4.90 Å². The Morgan fingerprint density at radius 2 is 1.61 bits per heavy atom. The Hall–Kier alpha value is -3.90. The molecular formula is C27H25N2O3S+. The minimum atomic E-state index is -3.75. The number of ether oxygens (including phenoxy) is 1. The Morgan fingerprint density at radius 1 is 0.879 bits per heavy atom. The summed E-state index contributed by atoms with van der Waals surface area (Å²) < 4.78 is 36.0. The highest BCUT2D eigenvalue weighted by Crippen LogP contribution is 2.22. The summed E-state index contributed by atoms with van der Waals surface area (Å²) in [6, 6.07) is 30.1. The number of aromatic nitrogens is 1. The minimum absolute atomic E-state index is 0.204. The van der Waals surface area contributed by atoms with E-state index in [9.17, 15) is 8.42 Å². The number of aryl methyl sites for hydroxylation is 1. The Balaban J connectivity index is 1.85. The van der Waals surface area contributed by atoms with Gasteiger partial charge >= 0.3 is 0 Å². The van der Waals surface area contributed by atoms with Gasteiger partial charge in [-0.15, -0.1) is 0 Å². The molecule has 1 aromatic heterocycles. The maximum absolute atomic E-state index is 13.0. The highest BCUT2D eigenvalue weighted by Gasteiger charge is 2.22. The molecule has 0 saturated heterocycles. The average molecular weight is 458 g/mol. The number of sulfonamides is 1. The van der Waals surface area contributed by atoms with Crippen LogP contribution in [-0.4, -0.2) is 15.5 Å². The third-order valence-electron chi connectivity index (χ3n) is 5.24. The third kappa shape index (κ3) is 5.13. The molecule has 0 fully saturated rings. The summed E-state index contributed by atoms with van der Waals surface area (Å²) in [6.07, 6.45) is 3.43. The van der Waals surface area contributed by atoms with Gasteiger partial charge in [0.25, 0.3) is 10.0 Å². The van der Waals surface area contributed by atoms with E-state index >= 15 is 0 Å². The number of methoxy groups -OCH3 is 1. The number of nitrogens with one attached hydrogen (secondary N) is 1. The van der Waals surface area contributed by atoms with E-state index < -0.39 is 10.0 Å². The highest BCUT2D eigenvalue weighted by molar-refractivity contribution is 7.89. The standard InChI is InChI=1S/C27H25N2O3S/c1-21-14-16-25(17-15-21)33(30,31)28-20-27(23-11-8-12-24(19-23)32-2)29-18-7-6-13-26(29)22-9-4-3-5-10-22/h3-20,28H,1-2H3/q+1/b27-20-. The van der Waals surface area contributed by atoms with Crippen molar-refractivity contribution in [2.24, 2.45) is 0 Å². The molecule has 1 N–H and O–H groups in total. The van der Waals surface area contributed by atoms with E-state index in [1.807, 2.05) is 90.5 Å². The van der Waals surface area contributed by atoms with Gasteiger partial charge < -0.3 is 4.74 Å². The zero-order valence-electron chi connectivity index (χ0n) is 18.5. The molecule has 0 aliphatic carbocycles. The van der Waals surface area contributed by atoms with E-state index in [0.717, 1.165) is 22.4 Å². The first-order valence-corrected chi connectivity index (χ1v) is 12.0. The summed E-state index contributed by atoms with van der Waals surface area (Å²) in [4.78, 5) is 0.204. The number of rotatable bonds is 7. The van der Waals surface area contributed by atoms with Crippen molar-refractivity contribution in [3.8, 4) is 17.0 Å². The highest BCUT2D eigenvalue weighted by atomic mass is 32.2. The second kappa shape index (κ2) is 9.71. The van der Waals surface area contributed by atoms with Crippen molar-refractivity contribution in [3.63, 3.8) is 0 Å². The van der Waals surface area contributed by atoms with E-state index in [1.54, 1.807) is 31.4 Å². The summed E-state index contributed by atoms with van der Waals surface area (Å²) in [5, 5.41) is 0. The number of benzene rings is 3. The SMILES string of the molecule is COc1cccc(/C(=C/NS(=O)(=O)c2ccc(C)cc2)[n+]2ccccc2-c2ccccc2)c1. The van der Waals surface area contributed by atoms with Gasteiger partial charge in [-0.25, -0.2) is 8.42 Å². The number of hydrogen-bond donors (Lipinski definition) is 1. The third-order valence-corrected chi connectivity index (χ3v) is 6.56. The Bertz CT molecular complexity index is 1380. The van der Waals surface area contributed by atoms with E-state index in [4.69, 9.17) is 4.74 Å². The predicted molar refractivity (Wildman–Crippen MR) is 130 cm³/mol. The molecule has 4 rings (SSSR count). The van der Waals surface area contributed by atoms with E-state index in [2.05, 4.69) is 4.72 Å². The van der Waals surface area contributed by atoms with Gasteiger partial charge in [-0.3, -0.25) is 4.72 Å². The first kappa shape index (κ1) is 22.3. The second-order valence-electron chi connectivity index (χ2n) is 7.52. The van der Waals surface area contributed by atoms with Crippen molar-refractivity contribution in [2.75, 3.05) is 7.11 Å². The smallest absolute Gasteiger partial charge is 0.261 e. The van der Waals surface area contributed by atoms with E-state index in [0.29, 0.717) is 11.4 Å². The van der Waals surface area contributed by atoms with E-state index in [1.165, 1.54) is 6.20 Å². The second-order valence-corrected chi connectivity index (χ2v) is 9.23. The molecule has 0 aliphatic rings. The summed E-state index contributed by atoms with van der Waals surface area (Å²) in [6.45, 7) is 1.92. The van der Waals surface area contributed by atoms with Gasteiger partial charge in [-0.1, -0.05) is 42.0 Å². The number of hydrogen-bond acceptors (Lipinski definition) is 3. The van der Waals surface area contributed by atoms with Crippen molar-refractivity contribution in [3.05, 3.63) is 121 Å². The monoisotopic (exact) mass is 457 g/mol. The predicted octanol–water partition coefficient (Wildman–Crippen LogP) is 4.78.